The predicted molar refractivity (Wildman–Crippen MR) is 100 cm³/mol. The summed E-state index contributed by atoms with van der Waals surface area (Å²) in [4.78, 5) is 26.1. The second kappa shape index (κ2) is 9.34. The molecule has 0 spiro atoms. The Kier molecular flexibility index (Phi) is 7.16. The third-order valence-electron chi connectivity index (χ3n) is 4.20. The van der Waals surface area contributed by atoms with E-state index in [2.05, 4.69) is 10.6 Å². The molecule has 0 radical (unpaired) electrons. The van der Waals surface area contributed by atoms with Crippen molar-refractivity contribution in [1.29, 1.82) is 0 Å². The summed E-state index contributed by atoms with van der Waals surface area (Å²) in [5.74, 6) is -0.280. The van der Waals surface area contributed by atoms with E-state index in [1.807, 2.05) is 19.0 Å². The van der Waals surface area contributed by atoms with Gasteiger partial charge in [0.1, 0.15) is 0 Å². The van der Waals surface area contributed by atoms with Gasteiger partial charge in [0.15, 0.2) is 0 Å². The second-order valence-corrected chi connectivity index (χ2v) is 6.83. The molecule has 25 heavy (non-hydrogen) atoms. The number of hydrogen-bond acceptors (Lipinski definition) is 4. The highest BCUT2D eigenvalue weighted by atomic mass is 16.2. The standard InChI is InChI=1S/C19H28N4O2/c1-23(2)12-4-7-18(24)21-16-10-8-14(9-11-16)19(25)22-17-6-3-5-15(20)13-17/h4,7-11,15,17H,3,5-6,12-13,20H2,1-2H3,(H,21,24)(H,22,25)/b7-4+/t15-,17+/m1/s1. The Bertz CT molecular complexity index is 610. The van der Waals surface area contributed by atoms with Crippen LogP contribution in [0.1, 0.15) is 36.0 Å². The second-order valence-electron chi connectivity index (χ2n) is 6.83. The van der Waals surface area contributed by atoms with Gasteiger partial charge < -0.3 is 21.3 Å². The van der Waals surface area contributed by atoms with Crippen LogP contribution in [0.15, 0.2) is 36.4 Å². The fraction of sp³-hybridized carbons (Fsp3) is 0.474. The Morgan fingerprint density at radius 3 is 2.60 bits per heavy atom. The summed E-state index contributed by atoms with van der Waals surface area (Å²) in [5, 5.41) is 5.82. The van der Waals surface area contributed by atoms with Gasteiger partial charge in [-0.15, -0.1) is 0 Å². The number of likely N-dealkylation sites (N-methyl/N-ethyl adjacent to an activating group) is 1. The number of carbonyl (C=O) groups is 2. The van der Waals surface area contributed by atoms with Gasteiger partial charge in [0.2, 0.25) is 5.91 Å². The van der Waals surface area contributed by atoms with Crippen LogP contribution in [-0.2, 0) is 4.79 Å². The largest absolute Gasteiger partial charge is 0.349 e. The molecule has 1 saturated carbocycles. The smallest absolute Gasteiger partial charge is 0.251 e. The minimum Gasteiger partial charge on any atom is -0.349 e. The van der Waals surface area contributed by atoms with Gasteiger partial charge in [0.05, 0.1) is 0 Å². The molecule has 0 unspecified atom stereocenters. The molecule has 0 aliphatic heterocycles. The number of amides is 2. The first-order chi connectivity index (χ1) is 11.9. The Labute approximate surface area is 149 Å². The summed E-state index contributed by atoms with van der Waals surface area (Å²) in [6.45, 7) is 0.706. The first-order valence-corrected chi connectivity index (χ1v) is 8.73. The lowest BCUT2D eigenvalue weighted by molar-refractivity contribution is -0.111. The number of nitrogens with zero attached hydrogens (tertiary/aromatic N) is 1. The van der Waals surface area contributed by atoms with Crippen molar-refractivity contribution in [1.82, 2.24) is 10.2 Å². The molecule has 1 aliphatic carbocycles. The quantitative estimate of drug-likeness (QED) is 0.686. The molecule has 1 fully saturated rings. The van der Waals surface area contributed by atoms with Gasteiger partial charge in [-0.3, -0.25) is 9.59 Å². The van der Waals surface area contributed by atoms with Gasteiger partial charge >= 0.3 is 0 Å². The van der Waals surface area contributed by atoms with E-state index in [-0.39, 0.29) is 23.9 Å². The Balaban J connectivity index is 1.85. The molecule has 0 heterocycles. The topological polar surface area (TPSA) is 87.5 Å². The zero-order valence-corrected chi connectivity index (χ0v) is 15.0. The number of benzene rings is 1. The maximum absolute atomic E-state index is 12.3. The Morgan fingerprint density at radius 2 is 1.96 bits per heavy atom. The zero-order chi connectivity index (χ0) is 18.2. The van der Waals surface area contributed by atoms with Gasteiger partial charge in [0, 0.05) is 36.0 Å². The fourth-order valence-corrected chi connectivity index (χ4v) is 2.89. The number of hydrogen-bond donors (Lipinski definition) is 3. The third-order valence-corrected chi connectivity index (χ3v) is 4.20. The molecule has 136 valence electrons. The van der Waals surface area contributed by atoms with Crippen LogP contribution < -0.4 is 16.4 Å². The third kappa shape index (κ3) is 6.68. The van der Waals surface area contributed by atoms with E-state index >= 15 is 0 Å². The first-order valence-electron chi connectivity index (χ1n) is 8.73. The van der Waals surface area contributed by atoms with Crippen LogP contribution in [0.3, 0.4) is 0 Å². The van der Waals surface area contributed by atoms with E-state index in [9.17, 15) is 9.59 Å². The number of nitrogens with one attached hydrogen (secondary N) is 2. The van der Waals surface area contributed by atoms with Crippen LogP contribution in [0.5, 0.6) is 0 Å². The van der Waals surface area contributed by atoms with Crippen LogP contribution in [0, 0.1) is 0 Å². The summed E-state index contributed by atoms with van der Waals surface area (Å²) in [7, 11) is 3.88. The molecule has 1 aromatic rings. The lowest BCUT2D eigenvalue weighted by Crippen LogP contribution is -2.42. The summed E-state index contributed by atoms with van der Waals surface area (Å²) in [5.41, 5.74) is 7.20. The molecular formula is C19H28N4O2. The minimum atomic E-state index is -0.185. The molecule has 2 amide bonds. The van der Waals surface area contributed by atoms with Crippen LogP contribution in [0.25, 0.3) is 0 Å². The molecular weight excluding hydrogens is 316 g/mol. The lowest BCUT2D eigenvalue weighted by Gasteiger charge is -2.27. The van der Waals surface area contributed by atoms with Crippen molar-refractivity contribution in [2.45, 2.75) is 37.8 Å². The SMILES string of the molecule is CN(C)C/C=C/C(=O)Nc1ccc(C(=O)N[C@H]2CCC[C@@H](N)C2)cc1. The van der Waals surface area contributed by atoms with E-state index in [0.717, 1.165) is 25.7 Å². The van der Waals surface area contributed by atoms with E-state index in [0.29, 0.717) is 17.8 Å². The number of nitrogens with two attached hydrogens (primary N) is 1. The highest BCUT2D eigenvalue weighted by Crippen LogP contribution is 2.18. The van der Waals surface area contributed by atoms with Crippen LogP contribution in [0.2, 0.25) is 0 Å². The maximum Gasteiger partial charge on any atom is 0.251 e. The van der Waals surface area contributed by atoms with E-state index in [1.54, 1.807) is 30.3 Å². The highest BCUT2D eigenvalue weighted by molar-refractivity contribution is 6.00. The zero-order valence-electron chi connectivity index (χ0n) is 15.0. The van der Waals surface area contributed by atoms with Crippen LogP contribution in [-0.4, -0.2) is 49.4 Å². The van der Waals surface area contributed by atoms with E-state index < -0.39 is 0 Å². The van der Waals surface area contributed by atoms with Gasteiger partial charge in [-0.05, 0) is 64.0 Å². The molecule has 0 saturated heterocycles. The number of rotatable bonds is 6. The molecule has 4 N–H and O–H groups in total. The van der Waals surface area contributed by atoms with E-state index in [4.69, 9.17) is 5.73 Å². The molecule has 1 aliphatic rings. The van der Waals surface area contributed by atoms with Crippen LogP contribution >= 0.6 is 0 Å². The number of carbonyl (C=O) groups excluding carboxylic acids is 2. The summed E-state index contributed by atoms with van der Waals surface area (Å²) in [6.07, 6.45) is 7.20. The molecule has 2 atom stereocenters. The summed E-state index contributed by atoms with van der Waals surface area (Å²) < 4.78 is 0. The normalized spacial score (nSPS) is 20.6. The first kappa shape index (κ1) is 19.1. The number of anilines is 1. The Morgan fingerprint density at radius 1 is 1.24 bits per heavy atom. The molecule has 1 aromatic carbocycles. The van der Waals surface area contributed by atoms with Crippen molar-refractivity contribution >= 4 is 17.5 Å². The van der Waals surface area contributed by atoms with Crippen molar-refractivity contribution in [3.63, 3.8) is 0 Å². The Hall–Kier alpha value is -2.18. The van der Waals surface area contributed by atoms with Crippen molar-refractivity contribution in [2.24, 2.45) is 5.73 Å². The summed E-state index contributed by atoms with van der Waals surface area (Å²) in [6, 6.07) is 7.24. The average Bonchev–Trinajstić information content (AvgIpc) is 2.55. The van der Waals surface area contributed by atoms with E-state index in [1.165, 1.54) is 6.08 Å². The minimum absolute atomic E-state index is 0.0946. The highest BCUT2D eigenvalue weighted by Gasteiger charge is 2.21. The molecule has 6 heteroatoms. The summed E-state index contributed by atoms with van der Waals surface area (Å²) >= 11 is 0. The van der Waals surface area contributed by atoms with Gasteiger partial charge in [-0.2, -0.15) is 0 Å². The van der Waals surface area contributed by atoms with Crippen LogP contribution in [0.4, 0.5) is 5.69 Å². The lowest BCUT2D eigenvalue weighted by atomic mass is 9.91. The maximum atomic E-state index is 12.3. The predicted octanol–water partition coefficient (Wildman–Crippen LogP) is 1.74. The molecule has 2 rings (SSSR count). The fourth-order valence-electron chi connectivity index (χ4n) is 2.89. The van der Waals surface area contributed by atoms with Gasteiger partial charge in [-0.1, -0.05) is 6.08 Å². The van der Waals surface area contributed by atoms with Crippen molar-refractivity contribution in [2.75, 3.05) is 26.0 Å². The average molecular weight is 344 g/mol. The van der Waals surface area contributed by atoms with Crippen molar-refractivity contribution in [3.8, 4) is 0 Å². The van der Waals surface area contributed by atoms with Gasteiger partial charge in [0.25, 0.3) is 5.91 Å². The monoisotopic (exact) mass is 344 g/mol. The van der Waals surface area contributed by atoms with Crippen molar-refractivity contribution in [3.05, 3.63) is 42.0 Å². The van der Waals surface area contributed by atoms with Gasteiger partial charge in [-0.25, -0.2) is 0 Å². The molecule has 0 aromatic heterocycles. The van der Waals surface area contributed by atoms with Crippen molar-refractivity contribution < 1.29 is 9.59 Å². The molecule has 6 nitrogen and oxygen atoms in total. The molecule has 0 bridgehead atoms.